The van der Waals surface area contributed by atoms with E-state index < -0.39 is 11.9 Å². The molecular formula is C28H34N4O6. The molecule has 4 heterocycles. The van der Waals surface area contributed by atoms with Gasteiger partial charge in [0.15, 0.2) is 0 Å². The van der Waals surface area contributed by atoms with Gasteiger partial charge in [0, 0.05) is 31.5 Å². The van der Waals surface area contributed by atoms with Crippen molar-refractivity contribution in [3.05, 3.63) is 46.3 Å². The van der Waals surface area contributed by atoms with Crippen LogP contribution in [0.2, 0.25) is 0 Å². The maximum Gasteiger partial charge on any atom is 0.259 e. The van der Waals surface area contributed by atoms with Crippen LogP contribution in [0.25, 0.3) is 0 Å². The number of amides is 4. The van der Waals surface area contributed by atoms with Gasteiger partial charge in [-0.3, -0.25) is 24.5 Å². The number of hydrogen-bond acceptors (Lipinski definition) is 7. The lowest BCUT2D eigenvalue weighted by Gasteiger charge is -2.35. The van der Waals surface area contributed by atoms with Crippen molar-refractivity contribution in [3.63, 3.8) is 0 Å². The number of piperidine rings is 2. The Morgan fingerprint density at radius 3 is 2.79 bits per heavy atom. The number of carbonyl (C=O) groups excluding carboxylic acids is 4. The van der Waals surface area contributed by atoms with Crippen LogP contribution in [0.4, 0.5) is 0 Å². The van der Waals surface area contributed by atoms with Crippen LogP contribution >= 0.6 is 0 Å². The SMILES string of the molecule is CCCc1onc(CC)c1C(=O)N1CCCC[C@H]1COc1ccc2c(c1)CN(C1CCC(=O)NC1=O)C2=O. The Morgan fingerprint density at radius 2 is 2.03 bits per heavy atom. The summed E-state index contributed by atoms with van der Waals surface area (Å²) in [7, 11) is 0. The van der Waals surface area contributed by atoms with Gasteiger partial charge in [0.1, 0.15) is 29.7 Å². The summed E-state index contributed by atoms with van der Waals surface area (Å²) in [5, 5.41) is 6.47. The normalized spacial score (nSPS) is 21.5. The van der Waals surface area contributed by atoms with Gasteiger partial charge in [0.2, 0.25) is 11.8 Å². The summed E-state index contributed by atoms with van der Waals surface area (Å²) in [5.74, 6) is 0.279. The smallest absolute Gasteiger partial charge is 0.259 e. The van der Waals surface area contributed by atoms with E-state index in [1.165, 1.54) is 4.90 Å². The van der Waals surface area contributed by atoms with E-state index in [2.05, 4.69) is 10.5 Å². The van der Waals surface area contributed by atoms with E-state index in [1.54, 1.807) is 12.1 Å². The number of aromatic nitrogens is 1. The highest BCUT2D eigenvalue weighted by Crippen LogP contribution is 2.31. The van der Waals surface area contributed by atoms with Crippen LogP contribution in [0, 0.1) is 0 Å². The fourth-order valence-corrected chi connectivity index (χ4v) is 5.66. The second-order valence-corrected chi connectivity index (χ2v) is 10.2. The molecule has 2 atom stereocenters. The Labute approximate surface area is 221 Å². The van der Waals surface area contributed by atoms with Crippen molar-refractivity contribution in [1.82, 2.24) is 20.3 Å². The van der Waals surface area contributed by atoms with Gasteiger partial charge >= 0.3 is 0 Å². The summed E-state index contributed by atoms with van der Waals surface area (Å²) in [6.45, 7) is 5.31. The number of nitrogens with one attached hydrogen (secondary N) is 1. The first-order valence-corrected chi connectivity index (χ1v) is 13.6. The van der Waals surface area contributed by atoms with Crippen molar-refractivity contribution < 1.29 is 28.4 Å². The van der Waals surface area contributed by atoms with E-state index in [1.807, 2.05) is 24.8 Å². The number of hydrogen-bond donors (Lipinski definition) is 1. The van der Waals surface area contributed by atoms with E-state index >= 15 is 0 Å². The molecule has 0 saturated carbocycles. The number of rotatable bonds is 8. The summed E-state index contributed by atoms with van der Waals surface area (Å²) < 4.78 is 11.7. The number of nitrogens with zero attached hydrogens (tertiary/aromatic N) is 3. The van der Waals surface area contributed by atoms with Crippen molar-refractivity contribution >= 4 is 23.6 Å². The first-order valence-electron chi connectivity index (χ1n) is 13.6. The highest BCUT2D eigenvalue weighted by atomic mass is 16.5. The Bertz CT molecular complexity index is 1250. The minimum absolute atomic E-state index is 0.0423. The summed E-state index contributed by atoms with van der Waals surface area (Å²) >= 11 is 0. The molecule has 10 nitrogen and oxygen atoms in total. The third-order valence-corrected chi connectivity index (χ3v) is 7.68. The lowest BCUT2D eigenvalue weighted by Crippen LogP contribution is -2.52. The Hall–Kier alpha value is -3.69. The second kappa shape index (κ2) is 11.0. The lowest BCUT2D eigenvalue weighted by atomic mass is 9.99. The van der Waals surface area contributed by atoms with Crippen LogP contribution in [0.15, 0.2) is 22.7 Å². The van der Waals surface area contributed by atoms with E-state index in [0.29, 0.717) is 67.3 Å². The first-order chi connectivity index (χ1) is 18.4. The molecule has 3 aliphatic heterocycles. The zero-order valence-electron chi connectivity index (χ0n) is 22.0. The highest BCUT2D eigenvalue weighted by molar-refractivity contribution is 6.05. The molecule has 3 aliphatic rings. The molecule has 2 fully saturated rings. The predicted molar refractivity (Wildman–Crippen MR) is 137 cm³/mol. The maximum absolute atomic E-state index is 13.7. The first kappa shape index (κ1) is 25.9. The average molecular weight is 523 g/mol. The minimum Gasteiger partial charge on any atom is -0.491 e. The summed E-state index contributed by atoms with van der Waals surface area (Å²) in [5.41, 5.74) is 2.63. The van der Waals surface area contributed by atoms with Crippen LogP contribution in [-0.2, 0) is 29.0 Å². The molecule has 0 spiro atoms. The maximum atomic E-state index is 13.7. The molecule has 1 N–H and O–H groups in total. The molecule has 5 rings (SSSR count). The molecule has 0 aliphatic carbocycles. The Kier molecular flexibility index (Phi) is 7.49. The topological polar surface area (TPSA) is 122 Å². The third-order valence-electron chi connectivity index (χ3n) is 7.68. The van der Waals surface area contributed by atoms with Crippen LogP contribution in [-0.4, -0.2) is 63.8 Å². The molecule has 10 heteroatoms. The number of carbonyl (C=O) groups is 4. The van der Waals surface area contributed by atoms with Gasteiger partial charge in [-0.25, -0.2) is 0 Å². The second-order valence-electron chi connectivity index (χ2n) is 10.2. The van der Waals surface area contributed by atoms with Crippen LogP contribution < -0.4 is 10.1 Å². The fourth-order valence-electron chi connectivity index (χ4n) is 5.66. The molecule has 1 unspecified atom stereocenters. The van der Waals surface area contributed by atoms with Crippen molar-refractivity contribution in [2.75, 3.05) is 13.2 Å². The zero-order chi connectivity index (χ0) is 26.8. The van der Waals surface area contributed by atoms with E-state index in [-0.39, 0.29) is 30.2 Å². The van der Waals surface area contributed by atoms with Gasteiger partial charge in [-0.2, -0.15) is 0 Å². The summed E-state index contributed by atoms with van der Waals surface area (Å²) in [6, 6.07) is 4.59. The molecule has 4 amide bonds. The van der Waals surface area contributed by atoms with Crippen molar-refractivity contribution in [2.24, 2.45) is 0 Å². The van der Waals surface area contributed by atoms with Gasteiger partial charge in [0.05, 0.1) is 11.7 Å². The van der Waals surface area contributed by atoms with Gasteiger partial charge in [0.25, 0.3) is 11.8 Å². The van der Waals surface area contributed by atoms with Crippen molar-refractivity contribution in [2.45, 2.75) is 83.8 Å². The molecule has 1 aromatic carbocycles. The van der Waals surface area contributed by atoms with E-state index in [0.717, 1.165) is 31.2 Å². The lowest BCUT2D eigenvalue weighted by molar-refractivity contribution is -0.136. The van der Waals surface area contributed by atoms with Crippen LogP contribution in [0.1, 0.15) is 90.1 Å². The van der Waals surface area contributed by atoms with Crippen molar-refractivity contribution in [1.29, 1.82) is 0 Å². The molecule has 1 aromatic heterocycles. The zero-order valence-corrected chi connectivity index (χ0v) is 22.0. The Balaban J connectivity index is 1.27. The van der Waals surface area contributed by atoms with Crippen LogP contribution in [0.5, 0.6) is 5.75 Å². The monoisotopic (exact) mass is 522 g/mol. The number of fused-ring (bicyclic) bond motifs is 1. The summed E-state index contributed by atoms with van der Waals surface area (Å²) in [4.78, 5) is 53.9. The molecule has 202 valence electrons. The molecule has 38 heavy (non-hydrogen) atoms. The van der Waals surface area contributed by atoms with Gasteiger partial charge in [-0.15, -0.1) is 0 Å². The van der Waals surface area contributed by atoms with Crippen molar-refractivity contribution in [3.8, 4) is 5.75 Å². The molecule has 2 saturated heterocycles. The van der Waals surface area contributed by atoms with E-state index in [9.17, 15) is 19.2 Å². The number of imide groups is 1. The summed E-state index contributed by atoms with van der Waals surface area (Å²) in [6.07, 6.45) is 5.51. The number of ether oxygens (including phenoxy) is 1. The molecule has 2 aromatic rings. The molecule has 0 bridgehead atoms. The minimum atomic E-state index is -0.651. The number of benzene rings is 1. The quantitative estimate of drug-likeness (QED) is 0.529. The standard InChI is InChI=1S/C28H34N4O6/c1-3-7-23-25(21(4-2)30-38-23)28(36)31-13-6-5-8-18(31)16-37-19-9-10-20-17(14-19)15-32(27(20)35)22-11-12-24(33)29-26(22)34/h9-10,14,18,22H,3-8,11-13,15-16H2,1-2H3,(H,29,33,34)/t18-,22?/m0/s1. The fraction of sp³-hybridized carbons (Fsp3) is 0.536. The Morgan fingerprint density at radius 1 is 1.18 bits per heavy atom. The highest BCUT2D eigenvalue weighted by Gasteiger charge is 2.39. The van der Waals surface area contributed by atoms with Gasteiger partial charge < -0.3 is 19.1 Å². The van der Waals surface area contributed by atoms with E-state index in [4.69, 9.17) is 9.26 Å². The number of aryl methyl sites for hydroxylation is 2. The average Bonchev–Trinajstić information content (AvgIpc) is 3.47. The largest absolute Gasteiger partial charge is 0.491 e. The van der Waals surface area contributed by atoms with Gasteiger partial charge in [-0.1, -0.05) is 19.0 Å². The number of likely N-dealkylation sites (tertiary alicyclic amines) is 1. The van der Waals surface area contributed by atoms with Gasteiger partial charge in [-0.05, 0) is 62.3 Å². The predicted octanol–water partition coefficient (Wildman–Crippen LogP) is 3.02. The van der Waals surface area contributed by atoms with Crippen LogP contribution in [0.3, 0.4) is 0 Å². The molecular weight excluding hydrogens is 488 g/mol. The third kappa shape index (κ3) is 4.91. The molecule has 0 radical (unpaired) electrons.